The molecular weight excluding hydrogens is 540 g/mol. The molecule has 5 atom stereocenters. The minimum atomic E-state index is -1.05. The van der Waals surface area contributed by atoms with E-state index in [2.05, 4.69) is 72.1 Å². The number of carbonyl (C=O) groups is 1. The fraction of sp³-hybridized carbons (Fsp3) is 0.400. The van der Waals surface area contributed by atoms with Crippen molar-refractivity contribution in [2.45, 2.75) is 50.1 Å². The third kappa shape index (κ3) is 7.20. The number of nitrogens with zero attached hydrogens (tertiary/aromatic N) is 3. The standard InChI is InChI=1S/C35H42N4O4/c1-24(2)37(3)20-30-34(27-14-12-26(13-15-27)11-10-25-8-6-5-7-9-25)31-21-38(22-32(40)33(41)23-39(30)31)35(42)36-28-16-18-29(43-4)19-17-28/h5-9,12-19,24,30-34,40-41H,20-23H2,1-4H3,(H,36,42)/t30-,31+,32+,33-,34+/m1/s1. The highest BCUT2D eigenvalue weighted by atomic mass is 16.5. The van der Waals surface area contributed by atoms with Gasteiger partial charge in [0.2, 0.25) is 0 Å². The molecule has 3 aromatic rings. The molecule has 226 valence electrons. The van der Waals surface area contributed by atoms with Crippen molar-refractivity contribution in [2.75, 3.05) is 45.7 Å². The lowest BCUT2D eigenvalue weighted by Crippen LogP contribution is -2.72. The van der Waals surface area contributed by atoms with Crippen molar-refractivity contribution in [2.24, 2.45) is 0 Å². The summed E-state index contributed by atoms with van der Waals surface area (Å²) >= 11 is 0. The van der Waals surface area contributed by atoms with Crippen LogP contribution in [-0.2, 0) is 0 Å². The van der Waals surface area contributed by atoms with E-state index in [1.807, 2.05) is 30.3 Å². The topological polar surface area (TPSA) is 88.5 Å². The van der Waals surface area contributed by atoms with E-state index in [1.54, 1.807) is 36.3 Å². The highest BCUT2D eigenvalue weighted by Crippen LogP contribution is 2.43. The van der Waals surface area contributed by atoms with Gasteiger partial charge in [0.1, 0.15) is 5.75 Å². The Kier molecular flexibility index (Phi) is 9.69. The Bertz CT molecular complexity index is 1420. The van der Waals surface area contributed by atoms with Gasteiger partial charge in [-0.1, -0.05) is 42.2 Å². The number of amides is 2. The Labute approximate surface area is 254 Å². The van der Waals surface area contributed by atoms with Crippen molar-refractivity contribution >= 4 is 11.7 Å². The van der Waals surface area contributed by atoms with Crippen LogP contribution in [-0.4, -0.2) is 102 Å². The summed E-state index contributed by atoms with van der Waals surface area (Å²) in [7, 11) is 3.71. The van der Waals surface area contributed by atoms with Gasteiger partial charge >= 0.3 is 6.03 Å². The van der Waals surface area contributed by atoms with Crippen LogP contribution >= 0.6 is 0 Å². The summed E-state index contributed by atoms with van der Waals surface area (Å²) in [6.07, 6.45) is -2.02. The van der Waals surface area contributed by atoms with Crippen molar-refractivity contribution in [3.05, 3.63) is 95.6 Å². The summed E-state index contributed by atoms with van der Waals surface area (Å²) in [6.45, 7) is 5.97. The van der Waals surface area contributed by atoms with Gasteiger partial charge in [-0.05, 0) is 75.0 Å². The molecule has 5 rings (SSSR count). The van der Waals surface area contributed by atoms with Crippen LogP contribution in [0.25, 0.3) is 0 Å². The van der Waals surface area contributed by atoms with Gasteiger partial charge in [-0.2, -0.15) is 0 Å². The van der Waals surface area contributed by atoms with Crippen LogP contribution < -0.4 is 10.1 Å². The van der Waals surface area contributed by atoms with Crippen LogP contribution in [0.1, 0.15) is 36.5 Å². The summed E-state index contributed by atoms with van der Waals surface area (Å²) < 4.78 is 5.23. The number of fused-ring (bicyclic) bond motifs is 1. The quantitative estimate of drug-likeness (QED) is 0.383. The Hall–Kier alpha value is -3.87. The van der Waals surface area contributed by atoms with E-state index in [0.29, 0.717) is 30.6 Å². The Morgan fingerprint density at radius 1 is 0.930 bits per heavy atom. The van der Waals surface area contributed by atoms with Crippen LogP contribution in [0.15, 0.2) is 78.9 Å². The van der Waals surface area contributed by atoms with Gasteiger partial charge < -0.3 is 30.1 Å². The molecule has 0 saturated carbocycles. The zero-order valence-corrected chi connectivity index (χ0v) is 25.4. The van der Waals surface area contributed by atoms with Gasteiger partial charge in [0.25, 0.3) is 0 Å². The molecule has 2 fully saturated rings. The summed E-state index contributed by atoms with van der Waals surface area (Å²) in [5, 5.41) is 24.7. The monoisotopic (exact) mass is 582 g/mol. The van der Waals surface area contributed by atoms with E-state index >= 15 is 0 Å². The van der Waals surface area contributed by atoms with Gasteiger partial charge in [0.15, 0.2) is 0 Å². The van der Waals surface area contributed by atoms with Gasteiger partial charge in [0.05, 0.1) is 25.9 Å². The third-order valence-corrected chi connectivity index (χ3v) is 8.74. The van der Waals surface area contributed by atoms with Crippen LogP contribution in [0.2, 0.25) is 0 Å². The Morgan fingerprint density at radius 3 is 2.19 bits per heavy atom. The summed E-state index contributed by atoms with van der Waals surface area (Å²) in [5.74, 6) is 7.32. The van der Waals surface area contributed by atoms with E-state index in [1.165, 1.54) is 5.56 Å². The normalized spacial score (nSPS) is 23.8. The Balaban J connectivity index is 1.40. The van der Waals surface area contributed by atoms with Gasteiger partial charge in [-0.3, -0.25) is 4.90 Å². The molecule has 2 aliphatic rings. The lowest BCUT2D eigenvalue weighted by molar-refractivity contribution is -0.107. The molecule has 2 amide bonds. The molecule has 0 aromatic heterocycles. The van der Waals surface area contributed by atoms with Crippen molar-refractivity contribution in [1.82, 2.24) is 14.7 Å². The largest absolute Gasteiger partial charge is 0.497 e. The van der Waals surface area contributed by atoms with Crippen molar-refractivity contribution < 1.29 is 19.7 Å². The average Bonchev–Trinajstić information content (AvgIpc) is 3.01. The lowest BCUT2D eigenvalue weighted by atomic mass is 9.73. The molecule has 0 unspecified atom stereocenters. The number of carbonyl (C=O) groups excluding carboxylic acids is 1. The van der Waals surface area contributed by atoms with Crippen LogP contribution in [0, 0.1) is 11.8 Å². The second kappa shape index (κ2) is 13.6. The number of aliphatic hydroxyl groups excluding tert-OH is 2. The molecule has 0 bridgehead atoms. The average molecular weight is 583 g/mol. The molecule has 43 heavy (non-hydrogen) atoms. The number of benzene rings is 3. The second-order valence-electron chi connectivity index (χ2n) is 11.8. The van der Waals surface area contributed by atoms with E-state index in [4.69, 9.17) is 4.74 Å². The van der Waals surface area contributed by atoms with E-state index in [9.17, 15) is 15.0 Å². The maximum atomic E-state index is 13.5. The first-order valence-electron chi connectivity index (χ1n) is 14.9. The smallest absolute Gasteiger partial charge is 0.321 e. The number of aliphatic hydroxyl groups is 2. The number of nitrogens with one attached hydrogen (secondary N) is 1. The minimum Gasteiger partial charge on any atom is -0.497 e. The zero-order chi connectivity index (χ0) is 30.5. The number of hydrogen-bond donors (Lipinski definition) is 3. The predicted octanol–water partition coefficient (Wildman–Crippen LogP) is 3.84. The molecule has 0 aliphatic carbocycles. The molecule has 3 N–H and O–H groups in total. The number of likely N-dealkylation sites (N-methyl/N-ethyl adjacent to an activating group) is 1. The Morgan fingerprint density at radius 2 is 1.56 bits per heavy atom. The van der Waals surface area contributed by atoms with Crippen molar-refractivity contribution in [3.8, 4) is 17.6 Å². The van der Waals surface area contributed by atoms with E-state index in [0.717, 1.165) is 17.7 Å². The highest BCUT2D eigenvalue weighted by molar-refractivity contribution is 5.89. The van der Waals surface area contributed by atoms with Crippen molar-refractivity contribution in [1.29, 1.82) is 0 Å². The first-order valence-corrected chi connectivity index (χ1v) is 14.9. The molecule has 2 saturated heterocycles. The lowest BCUT2D eigenvalue weighted by Gasteiger charge is -2.59. The number of β-amino-alcohol motifs (C(OH)–C–C–N with tert-alkyl or cyclic N) is 1. The number of urea groups is 1. The number of ether oxygens (including phenoxy) is 1. The fourth-order valence-electron chi connectivity index (χ4n) is 5.95. The third-order valence-electron chi connectivity index (χ3n) is 8.74. The number of hydrogen-bond acceptors (Lipinski definition) is 6. The molecule has 0 radical (unpaired) electrons. The zero-order valence-electron chi connectivity index (χ0n) is 25.4. The number of rotatable bonds is 6. The fourth-order valence-corrected chi connectivity index (χ4v) is 5.95. The molecule has 2 aliphatic heterocycles. The van der Waals surface area contributed by atoms with Gasteiger partial charge in [-0.25, -0.2) is 4.79 Å². The molecule has 8 nitrogen and oxygen atoms in total. The summed E-state index contributed by atoms with van der Waals surface area (Å²) in [4.78, 5) is 19.7. The molecule has 0 spiro atoms. The van der Waals surface area contributed by atoms with Crippen LogP contribution in [0.3, 0.4) is 0 Å². The van der Waals surface area contributed by atoms with Crippen molar-refractivity contribution in [3.63, 3.8) is 0 Å². The minimum absolute atomic E-state index is 0.0180. The maximum Gasteiger partial charge on any atom is 0.321 e. The summed E-state index contributed by atoms with van der Waals surface area (Å²) in [5.41, 5.74) is 3.73. The second-order valence-corrected chi connectivity index (χ2v) is 11.8. The predicted molar refractivity (Wildman–Crippen MR) is 169 cm³/mol. The maximum absolute atomic E-state index is 13.5. The van der Waals surface area contributed by atoms with E-state index < -0.39 is 12.2 Å². The molecule has 3 aromatic carbocycles. The van der Waals surface area contributed by atoms with Crippen LogP contribution in [0.5, 0.6) is 5.75 Å². The van der Waals surface area contributed by atoms with E-state index in [-0.39, 0.29) is 30.6 Å². The van der Waals surface area contributed by atoms with Gasteiger partial charge in [0, 0.05) is 60.5 Å². The number of anilines is 1. The summed E-state index contributed by atoms with van der Waals surface area (Å²) in [6, 6.07) is 25.6. The molecule has 2 heterocycles. The SMILES string of the molecule is COc1ccc(NC(=O)N2C[C@H](O)[C@H](O)CN3[C@H](CN(C)C(C)C)[C@H](c4ccc(C#Cc5ccccc5)cc4)[C@@H]3C2)cc1. The highest BCUT2D eigenvalue weighted by Gasteiger charge is 2.52. The first kappa shape index (κ1) is 30.6. The molecule has 8 heteroatoms. The number of methoxy groups -OCH3 is 1. The molecular formula is C35H42N4O4. The van der Waals surface area contributed by atoms with Crippen LogP contribution in [0.4, 0.5) is 10.5 Å². The first-order chi connectivity index (χ1) is 20.7. The van der Waals surface area contributed by atoms with Gasteiger partial charge in [-0.15, -0.1) is 0 Å².